The number of rotatable bonds is 2. The van der Waals surface area contributed by atoms with Gasteiger partial charge in [-0.15, -0.1) is 0 Å². The molecule has 1 heterocycles. The first kappa shape index (κ1) is 12.7. The van der Waals surface area contributed by atoms with Crippen LogP contribution in [0.5, 0.6) is 0 Å². The van der Waals surface area contributed by atoms with Gasteiger partial charge >= 0.3 is 0 Å². The highest BCUT2D eigenvalue weighted by atomic mass is 35.5. The summed E-state index contributed by atoms with van der Waals surface area (Å²) >= 11 is 17.1. The fraction of sp³-hybridized carbons (Fsp3) is 0.273. The van der Waals surface area contributed by atoms with E-state index in [9.17, 15) is 9.59 Å². The normalized spacial score (nSPS) is 19.8. The minimum Gasteiger partial charge on any atom is -0.312 e. The second-order valence-electron chi connectivity index (χ2n) is 3.81. The summed E-state index contributed by atoms with van der Waals surface area (Å²) in [7, 11) is 0. The quantitative estimate of drug-likeness (QED) is 0.785. The monoisotopic (exact) mass is 291 g/mol. The highest BCUT2D eigenvalue weighted by molar-refractivity contribution is 6.64. The molecule has 1 saturated heterocycles. The highest BCUT2D eigenvalue weighted by Crippen LogP contribution is 2.31. The fourth-order valence-electron chi connectivity index (χ4n) is 1.76. The van der Waals surface area contributed by atoms with Crippen LogP contribution < -0.4 is 4.90 Å². The molecule has 1 aliphatic heterocycles. The van der Waals surface area contributed by atoms with Gasteiger partial charge in [0, 0.05) is 18.7 Å². The zero-order valence-corrected chi connectivity index (χ0v) is 10.9. The van der Waals surface area contributed by atoms with Gasteiger partial charge in [0.1, 0.15) is 0 Å². The molecule has 1 unspecified atom stereocenters. The Bertz CT molecular complexity index is 490. The number of benzene rings is 1. The van der Waals surface area contributed by atoms with Crippen molar-refractivity contribution in [2.24, 2.45) is 5.92 Å². The number of hydrogen-bond donors (Lipinski definition) is 0. The van der Waals surface area contributed by atoms with Gasteiger partial charge in [0.2, 0.25) is 11.1 Å². The summed E-state index contributed by atoms with van der Waals surface area (Å²) in [5.74, 6) is -0.582. The van der Waals surface area contributed by atoms with Gasteiger partial charge < -0.3 is 4.90 Å². The Morgan fingerprint density at radius 2 is 2.00 bits per heavy atom. The molecule has 1 atom stereocenters. The molecule has 1 aliphatic rings. The van der Waals surface area contributed by atoms with Gasteiger partial charge in [-0.3, -0.25) is 9.59 Å². The topological polar surface area (TPSA) is 37.4 Å². The van der Waals surface area contributed by atoms with Crippen molar-refractivity contribution >= 4 is 51.6 Å². The third-order valence-corrected chi connectivity index (χ3v) is 3.71. The molecular formula is C11H8Cl3NO2. The summed E-state index contributed by atoms with van der Waals surface area (Å²) in [6, 6.07) is 4.90. The second-order valence-corrected chi connectivity index (χ2v) is 4.99. The van der Waals surface area contributed by atoms with Crippen LogP contribution in [0.2, 0.25) is 10.0 Å². The number of hydrogen-bond acceptors (Lipinski definition) is 2. The van der Waals surface area contributed by atoms with Gasteiger partial charge in [0.25, 0.3) is 0 Å². The van der Waals surface area contributed by atoms with Crippen molar-refractivity contribution in [3.8, 4) is 0 Å². The van der Waals surface area contributed by atoms with Crippen molar-refractivity contribution in [2.75, 3.05) is 11.4 Å². The molecule has 0 aliphatic carbocycles. The number of amides is 1. The van der Waals surface area contributed by atoms with E-state index in [4.69, 9.17) is 34.8 Å². The molecule has 17 heavy (non-hydrogen) atoms. The maximum absolute atomic E-state index is 11.7. The van der Waals surface area contributed by atoms with Crippen molar-refractivity contribution in [3.63, 3.8) is 0 Å². The molecule has 1 aromatic rings. The molecule has 3 nitrogen and oxygen atoms in total. The largest absolute Gasteiger partial charge is 0.312 e. The average Bonchev–Trinajstić information content (AvgIpc) is 2.65. The molecule has 0 aromatic heterocycles. The maximum atomic E-state index is 11.7. The minimum absolute atomic E-state index is 0.137. The number of carbonyl (C=O) groups is 2. The molecule has 0 spiro atoms. The Balaban J connectivity index is 2.26. The molecule has 1 fully saturated rings. The molecule has 0 bridgehead atoms. The summed E-state index contributed by atoms with van der Waals surface area (Å²) < 4.78 is 0. The minimum atomic E-state index is -0.485. The van der Waals surface area contributed by atoms with Gasteiger partial charge in [-0.25, -0.2) is 0 Å². The van der Waals surface area contributed by atoms with Gasteiger partial charge in [-0.2, -0.15) is 0 Å². The van der Waals surface area contributed by atoms with E-state index < -0.39 is 11.2 Å². The SMILES string of the molecule is O=C(Cl)C1CC(=O)N(c2ccc(Cl)c(Cl)c2)C1. The zero-order chi connectivity index (χ0) is 12.6. The van der Waals surface area contributed by atoms with Crippen molar-refractivity contribution < 1.29 is 9.59 Å². The lowest BCUT2D eigenvalue weighted by atomic mass is 10.1. The molecular weight excluding hydrogens is 284 g/mol. The number of carbonyl (C=O) groups excluding carboxylic acids is 2. The van der Waals surface area contributed by atoms with Crippen LogP contribution in [0.3, 0.4) is 0 Å². The van der Waals surface area contributed by atoms with E-state index in [2.05, 4.69) is 0 Å². The number of anilines is 1. The van der Waals surface area contributed by atoms with E-state index in [0.717, 1.165) is 0 Å². The van der Waals surface area contributed by atoms with Crippen molar-refractivity contribution in [2.45, 2.75) is 6.42 Å². The first-order valence-corrected chi connectivity index (χ1v) is 6.07. The Morgan fingerprint density at radius 1 is 1.29 bits per heavy atom. The second kappa shape index (κ2) is 4.84. The number of halogens is 3. The van der Waals surface area contributed by atoms with Crippen LogP contribution in [-0.4, -0.2) is 17.7 Å². The molecule has 0 saturated carbocycles. The van der Waals surface area contributed by atoms with E-state index >= 15 is 0 Å². The lowest BCUT2D eigenvalue weighted by Gasteiger charge is -2.16. The number of nitrogens with zero attached hydrogens (tertiary/aromatic N) is 1. The first-order chi connectivity index (χ1) is 7.99. The predicted octanol–water partition coefficient (Wildman–Crippen LogP) is 3.11. The van der Waals surface area contributed by atoms with E-state index in [1.165, 1.54) is 4.90 Å². The standard InChI is InChI=1S/C11H8Cl3NO2/c12-8-2-1-7(4-9(8)13)15-5-6(11(14)17)3-10(15)16/h1-2,4,6H,3,5H2. The fourth-order valence-corrected chi connectivity index (χ4v) is 2.20. The van der Waals surface area contributed by atoms with E-state index in [-0.39, 0.29) is 12.3 Å². The third-order valence-electron chi connectivity index (χ3n) is 2.66. The van der Waals surface area contributed by atoms with Gasteiger partial charge in [0.05, 0.1) is 16.0 Å². The van der Waals surface area contributed by atoms with Crippen molar-refractivity contribution in [1.29, 1.82) is 0 Å². The third kappa shape index (κ3) is 2.57. The molecule has 6 heteroatoms. The summed E-state index contributed by atoms with van der Waals surface area (Å²) in [6.07, 6.45) is 0.141. The van der Waals surface area contributed by atoms with Crippen molar-refractivity contribution in [1.82, 2.24) is 0 Å². The predicted molar refractivity (Wildman–Crippen MR) is 67.8 cm³/mol. The summed E-state index contributed by atoms with van der Waals surface area (Å²) in [5, 5.41) is 0.311. The van der Waals surface area contributed by atoms with Crippen LogP contribution in [0.25, 0.3) is 0 Å². The Morgan fingerprint density at radius 3 is 2.53 bits per heavy atom. The molecule has 0 radical (unpaired) electrons. The van der Waals surface area contributed by atoms with Crippen LogP contribution in [0.15, 0.2) is 18.2 Å². The Kier molecular flexibility index (Phi) is 3.61. The zero-order valence-electron chi connectivity index (χ0n) is 8.62. The highest BCUT2D eigenvalue weighted by Gasteiger charge is 2.34. The molecule has 2 rings (SSSR count). The molecule has 90 valence electrons. The summed E-state index contributed by atoms with van der Waals surface area (Å²) in [5.41, 5.74) is 0.629. The van der Waals surface area contributed by atoms with Crippen LogP contribution in [-0.2, 0) is 9.59 Å². The summed E-state index contributed by atoms with van der Waals surface area (Å²) in [4.78, 5) is 24.2. The first-order valence-electron chi connectivity index (χ1n) is 4.94. The van der Waals surface area contributed by atoms with Crippen LogP contribution in [0.1, 0.15) is 6.42 Å². The van der Waals surface area contributed by atoms with Gasteiger partial charge in [-0.05, 0) is 29.8 Å². The maximum Gasteiger partial charge on any atom is 0.227 e. The van der Waals surface area contributed by atoms with E-state index in [1.54, 1.807) is 18.2 Å². The lowest BCUT2D eigenvalue weighted by Crippen LogP contribution is -2.25. The molecule has 1 aromatic carbocycles. The average molecular weight is 293 g/mol. The lowest BCUT2D eigenvalue weighted by molar-refractivity contribution is -0.120. The van der Waals surface area contributed by atoms with E-state index in [0.29, 0.717) is 22.3 Å². The smallest absolute Gasteiger partial charge is 0.227 e. The Labute approximate surface area is 113 Å². The molecule has 0 N–H and O–H groups in total. The van der Waals surface area contributed by atoms with Crippen molar-refractivity contribution in [3.05, 3.63) is 28.2 Å². The summed E-state index contributed by atoms with van der Waals surface area (Å²) in [6.45, 7) is 0.291. The van der Waals surface area contributed by atoms with Gasteiger partial charge in [0.15, 0.2) is 0 Å². The Hall–Kier alpha value is -0.770. The van der Waals surface area contributed by atoms with Crippen LogP contribution in [0, 0.1) is 5.92 Å². The van der Waals surface area contributed by atoms with E-state index in [1.807, 2.05) is 0 Å². The van der Waals surface area contributed by atoms with Gasteiger partial charge in [-0.1, -0.05) is 23.2 Å². The van der Waals surface area contributed by atoms with Crippen LogP contribution >= 0.6 is 34.8 Å². The molecule has 1 amide bonds. The van der Waals surface area contributed by atoms with Crippen LogP contribution in [0.4, 0.5) is 5.69 Å².